The maximum atomic E-state index is 12.2. The van der Waals surface area contributed by atoms with Gasteiger partial charge in [0.05, 0.1) is 0 Å². The molecule has 6 heteroatoms. The highest BCUT2D eigenvalue weighted by Crippen LogP contribution is 2.11. The fourth-order valence-electron chi connectivity index (χ4n) is 2.44. The minimum absolute atomic E-state index is 0. The lowest BCUT2D eigenvalue weighted by Crippen LogP contribution is -2.47. The third-order valence-corrected chi connectivity index (χ3v) is 3.59. The summed E-state index contributed by atoms with van der Waals surface area (Å²) in [6.07, 6.45) is 3.75. The molecule has 1 aromatic carbocycles. The molecule has 3 N–H and O–H groups in total. The summed E-state index contributed by atoms with van der Waals surface area (Å²) < 4.78 is 0. The van der Waals surface area contributed by atoms with E-state index in [0.717, 1.165) is 13.1 Å². The second kappa shape index (κ2) is 12.9. The van der Waals surface area contributed by atoms with Crippen LogP contribution in [0.2, 0.25) is 0 Å². The van der Waals surface area contributed by atoms with E-state index in [9.17, 15) is 4.79 Å². The lowest BCUT2D eigenvalue weighted by molar-refractivity contribution is 0.0927. The van der Waals surface area contributed by atoms with Crippen LogP contribution in [0.15, 0.2) is 49.6 Å². The predicted octanol–water partition coefficient (Wildman–Crippen LogP) is 3.54. The molecule has 0 radical (unpaired) electrons. The zero-order chi connectivity index (χ0) is 16.5. The quantitative estimate of drug-likeness (QED) is 0.514. The highest BCUT2D eigenvalue weighted by molar-refractivity contribution is 5.95. The number of carbonyl (C=O) groups excluding carboxylic acids is 1. The third kappa shape index (κ3) is 7.86. The summed E-state index contributed by atoms with van der Waals surface area (Å²) in [5, 5.41) is 3.00. The molecular weight excluding hydrogens is 345 g/mol. The number of nitrogens with zero attached hydrogens (tertiary/aromatic N) is 1. The van der Waals surface area contributed by atoms with Gasteiger partial charge in [-0.2, -0.15) is 0 Å². The summed E-state index contributed by atoms with van der Waals surface area (Å²) >= 11 is 0. The smallest absolute Gasteiger partial charge is 0.251 e. The van der Waals surface area contributed by atoms with E-state index in [0.29, 0.717) is 23.7 Å². The van der Waals surface area contributed by atoms with Crippen LogP contribution in [0.5, 0.6) is 0 Å². The zero-order valence-electron chi connectivity index (χ0n) is 14.4. The van der Waals surface area contributed by atoms with Crippen molar-refractivity contribution >= 4 is 36.4 Å². The minimum Gasteiger partial charge on any atom is -0.399 e. The summed E-state index contributed by atoms with van der Waals surface area (Å²) in [5.41, 5.74) is 6.89. The number of hydrogen-bond acceptors (Lipinski definition) is 3. The number of rotatable bonds is 9. The Balaban J connectivity index is 0. The number of halogens is 2. The van der Waals surface area contributed by atoms with Gasteiger partial charge in [-0.1, -0.05) is 32.1 Å². The van der Waals surface area contributed by atoms with Gasteiger partial charge in [0, 0.05) is 36.9 Å². The van der Waals surface area contributed by atoms with E-state index in [1.54, 1.807) is 24.3 Å². The summed E-state index contributed by atoms with van der Waals surface area (Å²) in [4.78, 5) is 14.5. The maximum Gasteiger partial charge on any atom is 0.251 e. The molecule has 1 amide bonds. The van der Waals surface area contributed by atoms with E-state index in [1.807, 2.05) is 12.2 Å². The number of nitrogens with two attached hydrogens (primary N) is 1. The molecule has 0 aliphatic rings. The normalized spacial score (nSPS) is 11.2. The number of hydrogen-bond donors (Lipinski definition) is 2. The van der Waals surface area contributed by atoms with E-state index >= 15 is 0 Å². The van der Waals surface area contributed by atoms with Gasteiger partial charge < -0.3 is 11.1 Å². The molecule has 0 bridgehead atoms. The molecule has 0 aliphatic carbocycles. The largest absolute Gasteiger partial charge is 0.399 e. The molecule has 1 aromatic rings. The highest BCUT2D eigenvalue weighted by atomic mass is 35.5. The van der Waals surface area contributed by atoms with E-state index in [1.165, 1.54) is 0 Å². The van der Waals surface area contributed by atoms with E-state index in [2.05, 4.69) is 37.2 Å². The Morgan fingerprint density at radius 1 is 1.25 bits per heavy atom. The van der Waals surface area contributed by atoms with Crippen LogP contribution < -0.4 is 11.1 Å². The second-order valence-electron chi connectivity index (χ2n) is 5.68. The molecule has 4 nitrogen and oxygen atoms in total. The number of nitrogen functional groups attached to an aromatic ring is 1. The van der Waals surface area contributed by atoms with Crippen LogP contribution in [-0.4, -0.2) is 36.5 Å². The second-order valence-corrected chi connectivity index (χ2v) is 5.68. The first-order valence-corrected chi connectivity index (χ1v) is 7.59. The molecule has 0 fully saturated rings. The summed E-state index contributed by atoms with van der Waals surface area (Å²) in [5.74, 6) is 0.302. The Kier molecular flexibility index (Phi) is 13.3. The minimum atomic E-state index is -0.102. The molecule has 0 heterocycles. The van der Waals surface area contributed by atoms with Crippen molar-refractivity contribution in [1.29, 1.82) is 0 Å². The summed E-state index contributed by atoms with van der Waals surface area (Å²) in [6, 6.07) is 7.22. The van der Waals surface area contributed by atoms with Crippen LogP contribution in [0.1, 0.15) is 24.2 Å². The van der Waals surface area contributed by atoms with Crippen molar-refractivity contribution in [3.05, 3.63) is 55.1 Å². The number of nitrogens with one attached hydrogen (secondary N) is 1. The molecule has 0 aliphatic heterocycles. The van der Waals surface area contributed by atoms with Crippen molar-refractivity contribution < 1.29 is 4.79 Å². The molecule has 0 saturated heterocycles. The Hall–Kier alpha value is -1.49. The van der Waals surface area contributed by atoms with E-state index < -0.39 is 0 Å². The molecule has 1 rings (SSSR count). The first-order chi connectivity index (χ1) is 10.5. The Morgan fingerprint density at radius 2 is 1.83 bits per heavy atom. The molecule has 0 aromatic heterocycles. The van der Waals surface area contributed by atoms with Crippen molar-refractivity contribution in [2.45, 2.75) is 19.9 Å². The molecule has 1 atom stereocenters. The number of anilines is 1. The van der Waals surface area contributed by atoms with Crippen LogP contribution in [0.25, 0.3) is 0 Å². The zero-order valence-corrected chi connectivity index (χ0v) is 16.0. The van der Waals surface area contributed by atoms with Crippen molar-refractivity contribution in [2.75, 3.05) is 25.4 Å². The van der Waals surface area contributed by atoms with Gasteiger partial charge in [-0.05, 0) is 24.1 Å². The van der Waals surface area contributed by atoms with Gasteiger partial charge in [0.25, 0.3) is 5.91 Å². The van der Waals surface area contributed by atoms with Crippen LogP contribution in [0, 0.1) is 5.92 Å². The molecular formula is C18H29Cl2N3O. The molecule has 0 saturated carbocycles. The fourth-order valence-corrected chi connectivity index (χ4v) is 2.44. The maximum absolute atomic E-state index is 12.2. The van der Waals surface area contributed by atoms with Crippen molar-refractivity contribution in [3.8, 4) is 0 Å². The number of benzene rings is 1. The highest BCUT2D eigenvalue weighted by Gasteiger charge is 2.21. The first-order valence-electron chi connectivity index (χ1n) is 7.59. The van der Waals surface area contributed by atoms with Gasteiger partial charge in [-0.3, -0.25) is 9.69 Å². The van der Waals surface area contributed by atoms with Gasteiger partial charge in [0.2, 0.25) is 0 Å². The van der Waals surface area contributed by atoms with Crippen LogP contribution in [-0.2, 0) is 0 Å². The molecule has 136 valence electrons. The first kappa shape index (κ1) is 24.8. The van der Waals surface area contributed by atoms with Crippen molar-refractivity contribution in [3.63, 3.8) is 0 Å². The number of carbonyl (C=O) groups is 1. The van der Waals surface area contributed by atoms with Gasteiger partial charge in [-0.25, -0.2) is 0 Å². The van der Waals surface area contributed by atoms with E-state index in [-0.39, 0.29) is 36.8 Å². The van der Waals surface area contributed by atoms with Gasteiger partial charge in [0.1, 0.15) is 0 Å². The fraction of sp³-hybridized carbons (Fsp3) is 0.389. The SMILES string of the molecule is C=CCN(CC=C)C(CNC(=O)c1cccc(N)c1)C(C)C.Cl.Cl. The third-order valence-electron chi connectivity index (χ3n) is 3.59. The molecule has 24 heavy (non-hydrogen) atoms. The van der Waals surface area contributed by atoms with Crippen LogP contribution in [0.3, 0.4) is 0 Å². The lowest BCUT2D eigenvalue weighted by Gasteiger charge is -2.33. The lowest BCUT2D eigenvalue weighted by atomic mass is 10.0. The van der Waals surface area contributed by atoms with Crippen LogP contribution >= 0.6 is 24.8 Å². The van der Waals surface area contributed by atoms with Crippen molar-refractivity contribution in [2.24, 2.45) is 5.92 Å². The number of amides is 1. The molecule has 0 spiro atoms. The average molecular weight is 374 g/mol. The monoisotopic (exact) mass is 373 g/mol. The Labute approximate surface area is 158 Å². The topological polar surface area (TPSA) is 58.4 Å². The molecule has 1 unspecified atom stereocenters. The Morgan fingerprint density at radius 3 is 2.29 bits per heavy atom. The standard InChI is InChI=1S/C18H27N3O.2ClH/c1-5-10-21(11-6-2)17(14(3)4)13-20-18(22)15-8-7-9-16(19)12-15;;/h5-9,12,14,17H,1-2,10-11,13,19H2,3-4H3,(H,20,22);2*1H. The predicted molar refractivity (Wildman–Crippen MR) is 108 cm³/mol. The summed E-state index contributed by atoms with van der Waals surface area (Å²) in [7, 11) is 0. The van der Waals surface area contributed by atoms with Crippen LogP contribution in [0.4, 0.5) is 5.69 Å². The van der Waals surface area contributed by atoms with E-state index in [4.69, 9.17) is 5.73 Å². The Bertz CT molecular complexity index is 511. The van der Waals surface area contributed by atoms with Gasteiger partial charge in [0.15, 0.2) is 0 Å². The van der Waals surface area contributed by atoms with Gasteiger partial charge in [-0.15, -0.1) is 38.0 Å². The van der Waals surface area contributed by atoms with Gasteiger partial charge >= 0.3 is 0 Å². The summed E-state index contributed by atoms with van der Waals surface area (Å²) in [6.45, 7) is 14.0. The average Bonchev–Trinajstić information content (AvgIpc) is 2.47. The van der Waals surface area contributed by atoms with Crippen molar-refractivity contribution in [1.82, 2.24) is 10.2 Å².